The Balaban J connectivity index is 2.82. The van der Waals surface area contributed by atoms with Gasteiger partial charge in [-0.2, -0.15) is 0 Å². The van der Waals surface area contributed by atoms with Crippen molar-refractivity contribution in [2.75, 3.05) is 13.6 Å². The molecule has 3 atom stereocenters. The molecule has 0 aliphatic carbocycles. The van der Waals surface area contributed by atoms with Gasteiger partial charge in [0.25, 0.3) is 0 Å². The van der Waals surface area contributed by atoms with Crippen LogP contribution in [-0.4, -0.2) is 35.7 Å². The van der Waals surface area contributed by atoms with E-state index in [9.17, 15) is 5.11 Å². The van der Waals surface area contributed by atoms with Crippen molar-refractivity contribution in [3.05, 3.63) is 34.3 Å². The molecule has 0 saturated carbocycles. The Bertz CT molecular complexity index is 369. The van der Waals surface area contributed by atoms with E-state index in [1.807, 2.05) is 26.0 Å². The molecule has 18 heavy (non-hydrogen) atoms. The van der Waals surface area contributed by atoms with Gasteiger partial charge in [-0.15, -0.1) is 0 Å². The summed E-state index contributed by atoms with van der Waals surface area (Å²) >= 11 is 3.49. The van der Waals surface area contributed by atoms with Crippen molar-refractivity contribution < 1.29 is 5.11 Å². The van der Waals surface area contributed by atoms with Crippen molar-refractivity contribution in [1.82, 2.24) is 4.90 Å². The number of aliphatic hydroxyl groups is 1. The van der Waals surface area contributed by atoms with Crippen molar-refractivity contribution in [1.29, 1.82) is 0 Å². The standard InChI is InChI=1S/C14H23BrN2O/c1-10(18)7-8-17(3)14(11(2)16)12-5-4-6-13(15)9-12/h4-6,9-11,14,18H,7-8,16H2,1-3H3. The quantitative estimate of drug-likeness (QED) is 0.848. The Kier molecular flexibility index (Phi) is 6.29. The van der Waals surface area contributed by atoms with Crippen molar-refractivity contribution in [3.63, 3.8) is 0 Å². The third kappa shape index (κ3) is 4.69. The van der Waals surface area contributed by atoms with Crippen LogP contribution in [0, 0.1) is 0 Å². The van der Waals surface area contributed by atoms with Crippen molar-refractivity contribution >= 4 is 15.9 Å². The summed E-state index contributed by atoms with van der Waals surface area (Å²) in [5.41, 5.74) is 7.31. The molecule has 0 aliphatic heterocycles. The molecule has 3 N–H and O–H groups in total. The molecule has 0 amide bonds. The largest absolute Gasteiger partial charge is 0.393 e. The van der Waals surface area contributed by atoms with E-state index in [4.69, 9.17) is 5.73 Å². The summed E-state index contributed by atoms with van der Waals surface area (Å²) in [5.74, 6) is 0. The Morgan fingerprint density at radius 1 is 1.39 bits per heavy atom. The van der Waals surface area contributed by atoms with Gasteiger partial charge in [0.05, 0.1) is 6.10 Å². The summed E-state index contributed by atoms with van der Waals surface area (Å²) in [4.78, 5) is 2.21. The van der Waals surface area contributed by atoms with Crippen LogP contribution < -0.4 is 5.73 Å². The van der Waals surface area contributed by atoms with E-state index >= 15 is 0 Å². The minimum Gasteiger partial charge on any atom is -0.393 e. The first-order valence-corrected chi connectivity index (χ1v) is 7.10. The van der Waals surface area contributed by atoms with E-state index in [0.717, 1.165) is 17.4 Å². The molecule has 0 heterocycles. The highest BCUT2D eigenvalue weighted by atomic mass is 79.9. The van der Waals surface area contributed by atoms with Crippen molar-refractivity contribution in [2.45, 2.75) is 38.5 Å². The lowest BCUT2D eigenvalue weighted by Gasteiger charge is -2.32. The summed E-state index contributed by atoms with van der Waals surface area (Å²) in [6.07, 6.45) is 0.483. The predicted molar refractivity (Wildman–Crippen MR) is 79.5 cm³/mol. The first-order valence-electron chi connectivity index (χ1n) is 6.31. The smallest absolute Gasteiger partial charge is 0.0524 e. The molecule has 102 valence electrons. The first kappa shape index (κ1) is 15.6. The van der Waals surface area contributed by atoms with Crippen LogP contribution in [0.2, 0.25) is 0 Å². The van der Waals surface area contributed by atoms with E-state index in [1.54, 1.807) is 0 Å². The highest BCUT2D eigenvalue weighted by Gasteiger charge is 2.21. The Hall–Kier alpha value is -0.420. The Labute approximate surface area is 118 Å². The summed E-state index contributed by atoms with van der Waals surface area (Å²) in [6, 6.07) is 8.44. The van der Waals surface area contributed by atoms with E-state index in [2.05, 4.69) is 40.0 Å². The average Bonchev–Trinajstić information content (AvgIpc) is 2.26. The van der Waals surface area contributed by atoms with Gasteiger partial charge in [0, 0.05) is 23.1 Å². The number of aliphatic hydroxyl groups excluding tert-OH is 1. The normalized spacial score (nSPS) is 16.6. The number of benzene rings is 1. The van der Waals surface area contributed by atoms with Crippen LogP contribution in [0.25, 0.3) is 0 Å². The number of halogens is 1. The first-order chi connectivity index (χ1) is 8.41. The molecule has 0 radical (unpaired) electrons. The van der Waals surface area contributed by atoms with Gasteiger partial charge >= 0.3 is 0 Å². The van der Waals surface area contributed by atoms with Gasteiger partial charge < -0.3 is 10.8 Å². The second kappa shape index (κ2) is 7.24. The van der Waals surface area contributed by atoms with Crippen molar-refractivity contribution in [2.24, 2.45) is 5.73 Å². The monoisotopic (exact) mass is 314 g/mol. The second-order valence-electron chi connectivity index (χ2n) is 4.98. The van der Waals surface area contributed by atoms with Crippen LogP contribution in [-0.2, 0) is 0 Å². The third-order valence-electron chi connectivity index (χ3n) is 3.06. The number of hydrogen-bond acceptors (Lipinski definition) is 3. The summed E-state index contributed by atoms with van der Waals surface area (Å²) < 4.78 is 1.06. The molecule has 0 spiro atoms. The van der Waals surface area contributed by atoms with Gasteiger partial charge in [-0.25, -0.2) is 0 Å². The average molecular weight is 315 g/mol. The molecule has 0 fully saturated rings. The Morgan fingerprint density at radius 3 is 2.56 bits per heavy atom. The molecular weight excluding hydrogens is 292 g/mol. The number of rotatable bonds is 6. The zero-order valence-corrected chi connectivity index (χ0v) is 12.9. The van der Waals surface area contributed by atoms with E-state index in [-0.39, 0.29) is 18.2 Å². The number of hydrogen-bond donors (Lipinski definition) is 2. The molecule has 3 nitrogen and oxygen atoms in total. The molecule has 1 aromatic carbocycles. The van der Waals surface area contributed by atoms with Gasteiger partial charge in [0.2, 0.25) is 0 Å². The summed E-state index contributed by atoms with van der Waals surface area (Å²) in [7, 11) is 2.05. The predicted octanol–water partition coefficient (Wildman–Crippen LogP) is 2.54. The Morgan fingerprint density at radius 2 is 2.06 bits per heavy atom. The van der Waals surface area contributed by atoms with E-state index in [1.165, 1.54) is 5.56 Å². The van der Waals surface area contributed by atoms with Gasteiger partial charge in [0.1, 0.15) is 0 Å². The van der Waals surface area contributed by atoms with Crippen LogP contribution in [0.3, 0.4) is 0 Å². The molecule has 4 heteroatoms. The molecule has 3 unspecified atom stereocenters. The van der Waals surface area contributed by atoms with Crippen molar-refractivity contribution in [3.8, 4) is 0 Å². The molecule has 0 aliphatic rings. The highest BCUT2D eigenvalue weighted by molar-refractivity contribution is 9.10. The lowest BCUT2D eigenvalue weighted by atomic mass is 9.99. The lowest BCUT2D eigenvalue weighted by molar-refractivity contribution is 0.143. The van der Waals surface area contributed by atoms with E-state index in [0.29, 0.717) is 0 Å². The fourth-order valence-corrected chi connectivity index (χ4v) is 2.60. The van der Waals surface area contributed by atoms with Gasteiger partial charge in [-0.3, -0.25) is 4.90 Å². The molecule has 1 rings (SSSR count). The van der Waals surface area contributed by atoms with Crippen LogP contribution in [0.1, 0.15) is 31.9 Å². The highest BCUT2D eigenvalue weighted by Crippen LogP contribution is 2.25. The molecule has 0 saturated heterocycles. The zero-order valence-electron chi connectivity index (χ0n) is 11.3. The maximum atomic E-state index is 9.37. The topological polar surface area (TPSA) is 49.5 Å². The number of likely N-dealkylation sites (N-methyl/N-ethyl adjacent to an activating group) is 1. The van der Waals surface area contributed by atoms with Crippen LogP contribution in [0.4, 0.5) is 0 Å². The molecule has 1 aromatic rings. The third-order valence-corrected chi connectivity index (χ3v) is 3.56. The van der Waals surface area contributed by atoms with Gasteiger partial charge in [-0.05, 0) is 45.0 Å². The lowest BCUT2D eigenvalue weighted by Crippen LogP contribution is -2.38. The molecule has 0 aromatic heterocycles. The van der Waals surface area contributed by atoms with Crippen LogP contribution in [0.5, 0.6) is 0 Å². The minimum absolute atomic E-state index is 0.0401. The maximum Gasteiger partial charge on any atom is 0.0524 e. The van der Waals surface area contributed by atoms with E-state index < -0.39 is 0 Å². The van der Waals surface area contributed by atoms with Crippen LogP contribution >= 0.6 is 15.9 Å². The maximum absolute atomic E-state index is 9.37. The number of nitrogens with two attached hydrogens (primary N) is 1. The zero-order chi connectivity index (χ0) is 13.7. The van der Waals surface area contributed by atoms with Gasteiger partial charge in [-0.1, -0.05) is 28.1 Å². The van der Waals surface area contributed by atoms with Crippen LogP contribution in [0.15, 0.2) is 28.7 Å². The minimum atomic E-state index is -0.274. The second-order valence-corrected chi connectivity index (χ2v) is 5.89. The van der Waals surface area contributed by atoms with Gasteiger partial charge in [0.15, 0.2) is 0 Å². The fraction of sp³-hybridized carbons (Fsp3) is 0.571. The summed E-state index contributed by atoms with van der Waals surface area (Å²) in [6.45, 7) is 4.66. The fourth-order valence-electron chi connectivity index (χ4n) is 2.18. The summed E-state index contributed by atoms with van der Waals surface area (Å²) in [5, 5.41) is 9.37. The molecule has 0 bridgehead atoms. The number of nitrogens with zero attached hydrogens (tertiary/aromatic N) is 1. The molecular formula is C14H23BrN2O. The SMILES string of the molecule is CC(O)CCN(C)C(c1cccc(Br)c1)C(C)N.